The summed E-state index contributed by atoms with van der Waals surface area (Å²) in [5, 5.41) is 13.2. The SMILES string of the molecule is Cc1csc(=O)n1CC(=O)O[C@@H](C)C(=O)Nc1ccccc1C#N. The summed E-state index contributed by atoms with van der Waals surface area (Å²) in [4.78, 5) is 35.3. The number of carbonyl (C=O) groups excluding carboxylic acids is 2. The number of anilines is 1. The number of esters is 1. The first-order valence-corrected chi connectivity index (χ1v) is 7.94. The van der Waals surface area contributed by atoms with Gasteiger partial charge in [-0.25, -0.2) is 0 Å². The molecule has 2 aromatic rings. The van der Waals surface area contributed by atoms with Crippen molar-refractivity contribution in [1.29, 1.82) is 5.26 Å². The van der Waals surface area contributed by atoms with E-state index in [1.807, 2.05) is 6.07 Å². The van der Waals surface area contributed by atoms with Gasteiger partial charge in [0.05, 0.1) is 11.3 Å². The van der Waals surface area contributed by atoms with E-state index in [1.165, 1.54) is 11.5 Å². The van der Waals surface area contributed by atoms with Crippen LogP contribution in [0.4, 0.5) is 5.69 Å². The van der Waals surface area contributed by atoms with Gasteiger partial charge < -0.3 is 10.1 Å². The zero-order chi connectivity index (χ0) is 17.7. The zero-order valence-electron chi connectivity index (χ0n) is 13.1. The Balaban J connectivity index is 1.98. The standard InChI is InChI=1S/C16H15N3O4S/c1-10-9-24-16(22)19(10)8-14(20)23-11(2)15(21)18-13-6-4-3-5-12(13)7-17/h3-6,9,11H,8H2,1-2H3,(H,18,21)/t11-/m0/s1. The minimum absolute atomic E-state index is 0.249. The molecule has 24 heavy (non-hydrogen) atoms. The summed E-state index contributed by atoms with van der Waals surface area (Å²) < 4.78 is 6.33. The number of aryl methyl sites for hydroxylation is 1. The lowest BCUT2D eigenvalue weighted by Crippen LogP contribution is -2.32. The van der Waals surface area contributed by atoms with E-state index in [1.54, 1.807) is 36.6 Å². The van der Waals surface area contributed by atoms with E-state index < -0.39 is 18.0 Å². The summed E-state index contributed by atoms with van der Waals surface area (Å²) in [5.74, 6) is -1.24. The molecule has 7 nitrogen and oxygen atoms in total. The Hall–Kier alpha value is -2.92. The highest BCUT2D eigenvalue weighted by Gasteiger charge is 2.20. The van der Waals surface area contributed by atoms with E-state index >= 15 is 0 Å². The second kappa shape index (κ2) is 7.57. The molecule has 1 heterocycles. The fourth-order valence-electron chi connectivity index (χ4n) is 1.94. The molecule has 0 aliphatic heterocycles. The fourth-order valence-corrected chi connectivity index (χ4v) is 2.67. The van der Waals surface area contributed by atoms with Crippen molar-refractivity contribution in [2.24, 2.45) is 0 Å². The highest BCUT2D eigenvalue weighted by Crippen LogP contribution is 2.14. The molecule has 0 radical (unpaired) electrons. The van der Waals surface area contributed by atoms with Crippen LogP contribution in [0.25, 0.3) is 0 Å². The first kappa shape index (κ1) is 17.4. The smallest absolute Gasteiger partial charge is 0.326 e. The van der Waals surface area contributed by atoms with Crippen LogP contribution in [-0.2, 0) is 20.9 Å². The lowest BCUT2D eigenvalue weighted by atomic mass is 10.2. The maximum absolute atomic E-state index is 12.1. The molecule has 1 atom stereocenters. The Bertz CT molecular complexity index is 863. The molecule has 1 amide bonds. The van der Waals surface area contributed by atoms with Crippen molar-refractivity contribution >= 4 is 28.9 Å². The molecule has 0 saturated carbocycles. The predicted octanol–water partition coefficient (Wildman–Crippen LogP) is 1.66. The van der Waals surface area contributed by atoms with Crippen molar-refractivity contribution in [3.05, 3.63) is 50.6 Å². The van der Waals surface area contributed by atoms with Crippen molar-refractivity contribution in [2.75, 3.05) is 5.32 Å². The summed E-state index contributed by atoms with van der Waals surface area (Å²) in [7, 11) is 0. The number of hydrogen-bond donors (Lipinski definition) is 1. The molecule has 1 aromatic heterocycles. The van der Waals surface area contributed by atoms with Crippen LogP contribution < -0.4 is 10.2 Å². The molecule has 0 saturated heterocycles. The zero-order valence-corrected chi connectivity index (χ0v) is 13.9. The normalized spacial score (nSPS) is 11.4. The Morgan fingerprint density at radius 1 is 1.42 bits per heavy atom. The summed E-state index contributed by atoms with van der Waals surface area (Å²) in [6.07, 6.45) is -1.06. The maximum atomic E-state index is 12.1. The molecule has 0 unspecified atom stereocenters. The number of para-hydroxylation sites is 1. The number of benzene rings is 1. The molecular formula is C16H15N3O4S. The van der Waals surface area contributed by atoms with Crippen molar-refractivity contribution in [2.45, 2.75) is 26.5 Å². The van der Waals surface area contributed by atoms with E-state index in [-0.39, 0.29) is 11.4 Å². The Labute approximate surface area is 142 Å². The molecule has 8 heteroatoms. The molecular weight excluding hydrogens is 330 g/mol. The van der Waals surface area contributed by atoms with Gasteiger partial charge in [-0.15, -0.1) is 0 Å². The predicted molar refractivity (Wildman–Crippen MR) is 88.7 cm³/mol. The van der Waals surface area contributed by atoms with Gasteiger partial charge in [-0.05, 0) is 26.0 Å². The van der Waals surface area contributed by atoms with Gasteiger partial charge in [-0.1, -0.05) is 23.5 Å². The van der Waals surface area contributed by atoms with Crippen LogP contribution in [0.15, 0.2) is 34.4 Å². The molecule has 1 aromatic carbocycles. The van der Waals surface area contributed by atoms with E-state index in [2.05, 4.69) is 5.32 Å². The average Bonchev–Trinajstić information content (AvgIpc) is 2.87. The first-order chi connectivity index (χ1) is 11.4. The number of carbonyl (C=O) groups is 2. The third-order valence-corrected chi connectivity index (χ3v) is 4.13. The number of ether oxygens (including phenoxy) is 1. The minimum Gasteiger partial charge on any atom is -0.451 e. The van der Waals surface area contributed by atoms with Crippen LogP contribution >= 0.6 is 11.3 Å². The van der Waals surface area contributed by atoms with Crippen molar-refractivity contribution < 1.29 is 14.3 Å². The van der Waals surface area contributed by atoms with Crippen LogP contribution in [0.2, 0.25) is 0 Å². The summed E-state index contributed by atoms with van der Waals surface area (Å²) in [6.45, 7) is 2.88. The second-order valence-electron chi connectivity index (χ2n) is 5.01. The molecule has 0 bridgehead atoms. The Morgan fingerprint density at radius 3 is 2.75 bits per heavy atom. The molecule has 0 aliphatic rings. The number of thiazole rings is 1. The van der Waals surface area contributed by atoms with E-state index in [0.717, 1.165) is 11.3 Å². The summed E-state index contributed by atoms with van der Waals surface area (Å²) >= 11 is 0.994. The Kier molecular flexibility index (Phi) is 5.50. The van der Waals surface area contributed by atoms with Crippen LogP contribution in [0.3, 0.4) is 0 Å². The number of hydrogen-bond acceptors (Lipinski definition) is 6. The van der Waals surface area contributed by atoms with Gasteiger partial charge in [0.1, 0.15) is 12.6 Å². The molecule has 0 fully saturated rings. The summed E-state index contributed by atoms with van der Waals surface area (Å²) in [6, 6.07) is 8.47. The molecule has 124 valence electrons. The van der Waals surface area contributed by atoms with E-state index in [4.69, 9.17) is 10.00 Å². The van der Waals surface area contributed by atoms with Crippen LogP contribution in [0, 0.1) is 18.3 Å². The number of amides is 1. The highest BCUT2D eigenvalue weighted by atomic mass is 32.1. The highest BCUT2D eigenvalue weighted by molar-refractivity contribution is 7.07. The van der Waals surface area contributed by atoms with Crippen LogP contribution in [0.5, 0.6) is 0 Å². The van der Waals surface area contributed by atoms with Gasteiger partial charge in [0.2, 0.25) is 0 Å². The number of nitriles is 1. The second-order valence-corrected chi connectivity index (χ2v) is 5.83. The lowest BCUT2D eigenvalue weighted by Gasteiger charge is -2.14. The van der Waals surface area contributed by atoms with Crippen molar-refractivity contribution in [3.8, 4) is 6.07 Å². The fraction of sp³-hybridized carbons (Fsp3) is 0.250. The molecule has 0 aliphatic carbocycles. The lowest BCUT2D eigenvalue weighted by molar-refractivity contribution is -0.153. The number of aromatic nitrogens is 1. The van der Waals surface area contributed by atoms with Crippen LogP contribution in [0.1, 0.15) is 18.2 Å². The van der Waals surface area contributed by atoms with Gasteiger partial charge in [-0.2, -0.15) is 5.26 Å². The maximum Gasteiger partial charge on any atom is 0.326 e. The van der Waals surface area contributed by atoms with Crippen molar-refractivity contribution in [3.63, 3.8) is 0 Å². The number of rotatable bonds is 5. The van der Waals surface area contributed by atoms with Gasteiger partial charge in [0, 0.05) is 11.1 Å². The third kappa shape index (κ3) is 4.08. The topological polar surface area (TPSA) is 101 Å². The largest absolute Gasteiger partial charge is 0.451 e. The quantitative estimate of drug-likeness (QED) is 0.831. The Morgan fingerprint density at radius 2 is 2.12 bits per heavy atom. The van der Waals surface area contributed by atoms with Gasteiger partial charge >= 0.3 is 10.8 Å². The van der Waals surface area contributed by atoms with E-state index in [9.17, 15) is 14.4 Å². The number of nitrogens with one attached hydrogen (secondary N) is 1. The molecule has 0 spiro atoms. The average molecular weight is 345 g/mol. The first-order valence-electron chi connectivity index (χ1n) is 7.06. The number of nitrogens with zero attached hydrogens (tertiary/aromatic N) is 2. The van der Waals surface area contributed by atoms with Crippen LogP contribution in [-0.4, -0.2) is 22.5 Å². The minimum atomic E-state index is -1.06. The third-order valence-electron chi connectivity index (χ3n) is 3.25. The monoisotopic (exact) mass is 345 g/mol. The molecule has 2 rings (SSSR count). The van der Waals surface area contributed by atoms with Gasteiger partial charge in [-0.3, -0.25) is 19.0 Å². The molecule has 1 N–H and O–H groups in total. The van der Waals surface area contributed by atoms with Gasteiger partial charge in [0.15, 0.2) is 6.10 Å². The van der Waals surface area contributed by atoms with Gasteiger partial charge in [0.25, 0.3) is 5.91 Å². The summed E-state index contributed by atoms with van der Waals surface area (Å²) in [5.41, 5.74) is 1.31. The van der Waals surface area contributed by atoms with Crippen molar-refractivity contribution in [1.82, 2.24) is 4.57 Å². The van der Waals surface area contributed by atoms with E-state index in [0.29, 0.717) is 16.9 Å².